The third-order valence-corrected chi connectivity index (χ3v) is 4.47. The van der Waals surface area contributed by atoms with Crippen LogP contribution in [0, 0.1) is 16.0 Å². The van der Waals surface area contributed by atoms with Gasteiger partial charge in [-0.2, -0.15) is 5.10 Å². The molecule has 0 saturated carbocycles. The molecule has 0 aliphatic rings. The van der Waals surface area contributed by atoms with E-state index in [1.165, 1.54) is 25.5 Å². The minimum absolute atomic E-state index is 0.114. The van der Waals surface area contributed by atoms with Crippen LogP contribution in [0.4, 0.5) is 5.69 Å². The topological polar surface area (TPSA) is 123 Å². The Morgan fingerprint density at radius 3 is 2.53 bits per heavy atom. The van der Waals surface area contributed by atoms with Gasteiger partial charge < -0.3 is 10.1 Å². The Balaban J connectivity index is 2.09. The number of benzene rings is 2. The monoisotopic (exact) mass is 432 g/mol. The number of amides is 2. The van der Waals surface area contributed by atoms with E-state index >= 15 is 0 Å². The predicted octanol–water partition coefficient (Wildman–Crippen LogP) is 3.16. The number of hydrogen-bond acceptors (Lipinski definition) is 6. The summed E-state index contributed by atoms with van der Waals surface area (Å²) in [5.41, 5.74) is 2.77. The molecule has 9 nitrogen and oxygen atoms in total. The molecule has 0 radical (unpaired) electrons. The summed E-state index contributed by atoms with van der Waals surface area (Å²) in [6.45, 7) is 3.54. The van der Waals surface area contributed by atoms with Gasteiger partial charge in [-0.25, -0.2) is 5.43 Å². The molecule has 2 amide bonds. The van der Waals surface area contributed by atoms with Gasteiger partial charge in [0, 0.05) is 11.6 Å². The maximum Gasteiger partial charge on any atom is 0.311 e. The largest absolute Gasteiger partial charge is 0.490 e. The summed E-state index contributed by atoms with van der Waals surface area (Å²) in [6.07, 6.45) is 1.26. The maximum atomic E-state index is 12.5. The molecule has 0 spiro atoms. The van der Waals surface area contributed by atoms with Gasteiger partial charge in [0.05, 0.1) is 28.8 Å². The first-order valence-electron chi connectivity index (χ1n) is 8.95. The SMILES string of the molecule is COc1ccc(C=NNC(=O)C(NC(=O)c2ccccc2Cl)C(C)C)cc1[N+](=O)[O-]. The number of nitrogens with zero attached hydrogens (tertiary/aromatic N) is 2. The van der Waals surface area contributed by atoms with Crippen molar-refractivity contribution in [3.63, 3.8) is 0 Å². The summed E-state index contributed by atoms with van der Waals surface area (Å²) in [5, 5.41) is 17.8. The smallest absolute Gasteiger partial charge is 0.311 e. The van der Waals surface area contributed by atoms with Gasteiger partial charge in [-0.3, -0.25) is 19.7 Å². The first-order chi connectivity index (χ1) is 14.2. The van der Waals surface area contributed by atoms with Crippen LogP contribution in [-0.4, -0.2) is 36.1 Å². The van der Waals surface area contributed by atoms with E-state index in [1.54, 1.807) is 44.2 Å². The molecule has 0 aliphatic heterocycles. The van der Waals surface area contributed by atoms with E-state index in [0.717, 1.165) is 0 Å². The predicted molar refractivity (Wildman–Crippen MR) is 113 cm³/mol. The van der Waals surface area contributed by atoms with Crippen molar-refractivity contribution in [1.29, 1.82) is 0 Å². The van der Waals surface area contributed by atoms with Crippen LogP contribution in [0.5, 0.6) is 5.75 Å². The Hall–Kier alpha value is -3.46. The maximum absolute atomic E-state index is 12.5. The Morgan fingerprint density at radius 2 is 1.93 bits per heavy atom. The lowest BCUT2D eigenvalue weighted by Gasteiger charge is -2.20. The quantitative estimate of drug-likeness (QED) is 0.376. The third kappa shape index (κ3) is 5.77. The highest BCUT2D eigenvalue weighted by atomic mass is 35.5. The molecule has 0 saturated heterocycles. The summed E-state index contributed by atoms with van der Waals surface area (Å²) < 4.78 is 4.94. The number of methoxy groups -OCH3 is 1. The van der Waals surface area contributed by atoms with Crippen LogP contribution in [0.25, 0.3) is 0 Å². The molecule has 10 heteroatoms. The van der Waals surface area contributed by atoms with Gasteiger partial charge >= 0.3 is 5.69 Å². The van der Waals surface area contributed by atoms with Crippen LogP contribution < -0.4 is 15.5 Å². The molecule has 0 aromatic heterocycles. The van der Waals surface area contributed by atoms with Gasteiger partial charge in [0.15, 0.2) is 5.75 Å². The molecule has 30 heavy (non-hydrogen) atoms. The van der Waals surface area contributed by atoms with E-state index in [2.05, 4.69) is 15.8 Å². The molecule has 2 aromatic rings. The minimum Gasteiger partial charge on any atom is -0.490 e. The normalized spacial score (nSPS) is 11.9. The lowest BCUT2D eigenvalue weighted by molar-refractivity contribution is -0.385. The Kier molecular flexibility index (Phi) is 7.88. The number of hydrazone groups is 1. The highest BCUT2D eigenvalue weighted by molar-refractivity contribution is 6.33. The standard InChI is InChI=1S/C20H21ClN4O5/c1-12(2)18(23-19(26)14-6-4-5-7-15(14)21)20(27)24-22-11-13-8-9-17(30-3)16(10-13)25(28)29/h4-12,18H,1-3H3,(H,23,26)(H,24,27). The number of nitrogens with one attached hydrogen (secondary N) is 2. The van der Waals surface area contributed by atoms with Crippen LogP contribution in [0.15, 0.2) is 47.6 Å². The average molecular weight is 433 g/mol. The van der Waals surface area contributed by atoms with E-state index in [-0.39, 0.29) is 27.9 Å². The number of ether oxygens (including phenoxy) is 1. The van der Waals surface area contributed by atoms with E-state index in [9.17, 15) is 19.7 Å². The van der Waals surface area contributed by atoms with Crippen LogP contribution in [0.1, 0.15) is 29.8 Å². The highest BCUT2D eigenvalue weighted by Crippen LogP contribution is 2.26. The average Bonchev–Trinajstić information content (AvgIpc) is 2.71. The van der Waals surface area contributed by atoms with Crippen molar-refractivity contribution in [2.24, 2.45) is 11.0 Å². The zero-order chi connectivity index (χ0) is 22.3. The molecule has 1 unspecified atom stereocenters. The molecule has 0 fully saturated rings. The summed E-state index contributed by atoms with van der Waals surface area (Å²) >= 11 is 6.03. The van der Waals surface area contributed by atoms with Crippen molar-refractivity contribution in [1.82, 2.24) is 10.7 Å². The van der Waals surface area contributed by atoms with E-state index < -0.39 is 22.8 Å². The van der Waals surface area contributed by atoms with Gasteiger partial charge in [0.2, 0.25) is 0 Å². The second-order valence-electron chi connectivity index (χ2n) is 6.60. The number of hydrogen-bond donors (Lipinski definition) is 2. The summed E-state index contributed by atoms with van der Waals surface area (Å²) in [4.78, 5) is 35.5. The van der Waals surface area contributed by atoms with E-state index in [4.69, 9.17) is 16.3 Å². The summed E-state index contributed by atoms with van der Waals surface area (Å²) in [6, 6.07) is 9.90. The molecule has 2 aromatic carbocycles. The first kappa shape index (κ1) is 22.8. The number of rotatable bonds is 8. The molecule has 2 rings (SSSR count). The van der Waals surface area contributed by atoms with Crippen molar-refractivity contribution in [3.05, 3.63) is 68.7 Å². The molecular formula is C20H21ClN4O5. The minimum atomic E-state index is -0.865. The lowest BCUT2D eigenvalue weighted by Crippen LogP contribution is -2.48. The second kappa shape index (κ2) is 10.4. The van der Waals surface area contributed by atoms with Crippen LogP contribution in [0.2, 0.25) is 5.02 Å². The fourth-order valence-electron chi connectivity index (χ4n) is 2.57. The number of nitro benzene ring substituents is 1. The van der Waals surface area contributed by atoms with Gasteiger partial charge in [-0.1, -0.05) is 37.6 Å². The van der Waals surface area contributed by atoms with Crippen molar-refractivity contribution >= 4 is 35.3 Å². The fraction of sp³-hybridized carbons (Fsp3) is 0.250. The van der Waals surface area contributed by atoms with Crippen molar-refractivity contribution < 1.29 is 19.2 Å². The van der Waals surface area contributed by atoms with Crippen molar-refractivity contribution in [2.45, 2.75) is 19.9 Å². The number of nitro groups is 1. The zero-order valence-electron chi connectivity index (χ0n) is 16.6. The Morgan fingerprint density at radius 1 is 1.23 bits per heavy atom. The van der Waals surface area contributed by atoms with E-state index in [0.29, 0.717) is 5.56 Å². The van der Waals surface area contributed by atoms with Gasteiger partial charge in [0.1, 0.15) is 6.04 Å². The highest BCUT2D eigenvalue weighted by Gasteiger charge is 2.25. The molecule has 0 bridgehead atoms. The molecule has 0 heterocycles. The number of carbonyl (C=O) groups is 2. The van der Waals surface area contributed by atoms with Crippen LogP contribution in [0.3, 0.4) is 0 Å². The Bertz CT molecular complexity index is 977. The molecular weight excluding hydrogens is 412 g/mol. The lowest BCUT2D eigenvalue weighted by atomic mass is 10.0. The molecule has 2 N–H and O–H groups in total. The van der Waals surface area contributed by atoms with E-state index in [1.807, 2.05) is 0 Å². The van der Waals surface area contributed by atoms with Gasteiger partial charge in [0.25, 0.3) is 11.8 Å². The first-order valence-corrected chi connectivity index (χ1v) is 9.33. The molecule has 158 valence electrons. The zero-order valence-corrected chi connectivity index (χ0v) is 17.3. The van der Waals surface area contributed by atoms with Crippen molar-refractivity contribution in [3.8, 4) is 5.75 Å². The fourth-order valence-corrected chi connectivity index (χ4v) is 2.79. The third-order valence-electron chi connectivity index (χ3n) is 4.14. The molecule has 0 aliphatic carbocycles. The van der Waals surface area contributed by atoms with Crippen molar-refractivity contribution in [2.75, 3.05) is 7.11 Å². The summed E-state index contributed by atoms with van der Waals surface area (Å²) in [7, 11) is 1.33. The summed E-state index contributed by atoms with van der Waals surface area (Å²) in [5.74, 6) is -1.13. The van der Waals surface area contributed by atoms with Crippen LogP contribution >= 0.6 is 11.6 Å². The Labute approximate surface area is 178 Å². The number of carbonyl (C=O) groups excluding carboxylic acids is 2. The van der Waals surface area contributed by atoms with Crippen LogP contribution in [-0.2, 0) is 4.79 Å². The molecule has 1 atom stereocenters. The second-order valence-corrected chi connectivity index (χ2v) is 7.00. The number of halogens is 1. The van der Waals surface area contributed by atoms with Gasteiger partial charge in [-0.15, -0.1) is 0 Å². The van der Waals surface area contributed by atoms with Gasteiger partial charge in [-0.05, 0) is 30.2 Å².